The molecule has 2 aromatic rings. The van der Waals surface area contributed by atoms with E-state index in [9.17, 15) is 4.79 Å². The summed E-state index contributed by atoms with van der Waals surface area (Å²) in [7, 11) is 0. The fraction of sp³-hybridized carbons (Fsp3) is 0.222. The zero-order valence-corrected chi connectivity index (χ0v) is 12.3. The van der Waals surface area contributed by atoms with Crippen LogP contribution in [0.15, 0.2) is 59.6 Å². The first kappa shape index (κ1) is 14.5. The lowest BCUT2D eigenvalue weighted by Crippen LogP contribution is -2.42. The van der Waals surface area contributed by atoms with Gasteiger partial charge in [-0.15, -0.1) is 0 Å². The third-order valence-corrected chi connectivity index (χ3v) is 3.90. The van der Waals surface area contributed by atoms with Crippen LogP contribution >= 0.6 is 0 Å². The summed E-state index contributed by atoms with van der Waals surface area (Å²) in [5, 5.41) is 0. The molecule has 1 aliphatic rings. The van der Waals surface area contributed by atoms with Crippen molar-refractivity contribution in [3.63, 3.8) is 0 Å². The zero-order chi connectivity index (χ0) is 15.4. The zero-order valence-electron chi connectivity index (χ0n) is 12.3. The van der Waals surface area contributed by atoms with Gasteiger partial charge in [-0.2, -0.15) is 0 Å². The first-order valence-corrected chi connectivity index (χ1v) is 7.18. The number of nitrogens with zero attached hydrogens (tertiary/aromatic N) is 1. The topological polar surface area (TPSA) is 47.9 Å². The maximum absolute atomic E-state index is 10.8. The minimum atomic E-state index is -0.854. The van der Waals surface area contributed by atoms with E-state index in [1.165, 1.54) is 0 Å². The Balaban J connectivity index is 1.92. The molecule has 2 atom stereocenters. The predicted molar refractivity (Wildman–Crippen MR) is 84.1 cm³/mol. The molecule has 2 unspecified atom stereocenters. The molecule has 0 aromatic heterocycles. The van der Waals surface area contributed by atoms with Gasteiger partial charge in [0.1, 0.15) is 6.10 Å². The van der Waals surface area contributed by atoms with Gasteiger partial charge in [-0.3, -0.25) is 9.79 Å². The second-order valence-electron chi connectivity index (χ2n) is 5.22. The largest absolute Gasteiger partial charge is 0.461 e. The molecule has 0 saturated carbocycles. The van der Waals surface area contributed by atoms with Crippen LogP contribution in [0.5, 0.6) is 0 Å². The van der Waals surface area contributed by atoms with Crippen LogP contribution in [0.2, 0.25) is 0 Å². The quantitative estimate of drug-likeness (QED) is 0.768. The van der Waals surface area contributed by atoms with Crippen molar-refractivity contribution in [3.8, 4) is 0 Å². The summed E-state index contributed by atoms with van der Waals surface area (Å²) in [5.41, 5.74) is 1.96. The molecule has 0 radical (unpaired) electrons. The van der Waals surface area contributed by atoms with E-state index in [0.29, 0.717) is 13.1 Å². The van der Waals surface area contributed by atoms with Crippen molar-refractivity contribution in [3.05, 3.63) is 65.7 Å². The van der Waals surface area contributed by atoms with E-state index >= 15 is 0 Å². The Kier molecular flexibility index (Phi) is 4.02. The number of carbonyl (C=O) groups is 1. The maximum Gasteiger partial charge on any atom is 0.293 e. The van der Waals surface area contributed by atoms with Gasteiger partial charge in [0, 0.05) is 11.8 Å². The molecule has 0 amide bonds. The van der Waals surface area contributed by atoms with Gasteiger partial charge in [-0.25, -0.2) is 0 Å². The fourth-order valence-electron chi connectivity index (χ4n) is 2.67. The summed E-state index contributed by atoms with van der Waals surface area (Å²) < 4.78 is 11.4. The Bertz CT molecular complexity index is 684. The van der Waals surface area contributed by atoms with Crippen LogP contribution in [-0.2, 0) is 26.5 Å². The van der Waals surface area contributed by atoms with Gasteiger partial charge in [-0.05, 0) is 18.6 Å². The fourth-order valence-corrected chi connectivity index (χ4v) is 2.67. The first-order chi connectivity index (χ1) is 10.8. The number of ether oxygens (including phenoxy) is 2. The Morgan fingerprint density at radius 2 is 1.86 bits per heavy atom. The lowest BCUT2D eigenvalue weighted by molar-refractivity contribution is -0.148. The van der Waals surface area contributed by atoms with E-state index in [2.05, 4.69) is 4.99 Å². The van der Waals surface area contributed by atoms with Crippen molar-refractivity contribution in [2.75, 3.05) is 0 Å². The van der Waals surface area contributed by atoms with Gasteiger partial charge in [0.15, 0.2) is 5.60 Å². The molecular weight excluding hydrogens is 278 g/mol. The van der Waals surface area contributed by atoms with Crippen LogP contribution in [0.4, 0.5) is 5.69 Å². The van der Waals surface area contributed by atoms with Crippen LogP contribution in [-0.4, -0.2) is 18.8 Å². The van der Waals surface area contributed by atoms with Gasteiger partial charge in [-0.1, -0.05) is 48.5 Å². The van der Waals surface area contributed by atoms with Gasteiger partial charge >= 0.3 is 0 Å². The van der Waals surface area contributed by atoms with E-state index in [-0.39, 0.29) is 0 Å². The van der Waals surface area contributed by atoms with Gasteiger partial charge in [0.25, 0.3) is 6.47 Å². The normalized spacial score (nSPS) is 20.4. The SMILES string of the molecule is CC(OC=O)C1(OCc2ccccc2)C=Nc2ccccc21. The van der Waals surface area contributed by atoms with Gasteiger partial charge in [0.2, 0.25) is 0 Å². The molecule has 0 fully saturated rings. The van der Waals surface area contributed by atoms with E-state index in [4.69, 9.17) is 9.47 Å². The summed E-state index contributed by atoms with van der Waals surface area (Å²) >= 11 is 0. The van der Waals surface area contributed by atoms with E-state index in [0.717, 1.165) is 16.8 Å². The van der Waals surface area contributed by atoms with E-state index < -0.39 is 11.7 Å². The molecule has 0 spiro atoms. The molecule has 4 nitrogen and oxygen atoms in total. The van der Waals surface area contributed by atoms with Crippen LogP contribution in [0.3, 0.4) is 0 Å². The maximum atomic E-state index is 10.8. The Labute approximate surface area is 129 Å². The van der Waals surface area contributed by atoms with Gasteiger partial charge < -0.3 is 9.47 Å². The number of para-hydroxylation sites is 1. The molecule has 2 aromatic carbocycles. The summed E-state index contributed by atoms with van der Waals surface area (Å²) in [6, 6.07) is 17.6. The standard InChI is InChI=1S/C18H17NO3/c1-14(21-13-20)18(22-11-15-7-3-2-4-8-15)12-19-17-10-6-5-9-16(17)18/h2-10,12-14H,11H2,1H3. The number of carbonyl (C=O) groups excluding carboxylic acids is 1. The molecule has 22 heavy (non-hydrogen) atoms. The Hall–Kier alpha value is -2.46. The summed E-state index contributed by atoms with van der Waals surface area (Å²) in [5.74, 6) is 0. The van der Waals surface area contributed by atoms with Crippen molar-refractivity contribution >= 4 is 18.4 Å². The van der Waals surface area contributed by atoms with Crippen molar-refractivity contribution in [2.24, 2.45) is 4.99 Å². The highest BCUT2D eigenvalue weighted by Crippen LogP contribution is 2.41. The number of aliphatic imine (C=N–C) groups is 1. The first-order valence-electron chi connectivity index (χ1n) is 7.18. The minimum absolute atomic E-state index is 0.410. The predicted octanol–water partition coefficient (Wildman–Crippen LogP) is 3.38. The number of rotatable bonds is 6. The average molecular weight is 295 g/mol. The lowest BCUT2D eigenvalue weighted by Gasteiger charge is -2.32. The Morgan fingerprint density at radius 3 is 2.64 bits per heavy atom. The molecule has 0 bridgehead atoms. The summed E-state index contributed by atoms with van der Waals surface area (Å²) in [4.78, 5) is 15.2. The van der Waals surface area contributed by atoms with Crippen molar-refractivity contribution in [1.29, 1.82) is 0 Å². The number of hydrogen-bond donors (Lipinski definition) is 0. The van der Waals surface area contributed by atoms with Crippen LogP contribution in [0.1, 0.15) is 18.1 Å². The van der Waals surface area contributed by atoms with Crippen molar-refractivity contribution in [2.45, 2.75) is 25.2 Å². The molecule has 1 aliphatic heterocycles. The van der Waals surface area contributed by atoms with Gasteiger partial charge in [0.05, 0.1) is 12.3 Å². The molecule has 4 heteroatoms. The molecule has 112 valence electrons. The van der Waals surface area contributed by atoms with Crippen molar-refractivity contribution in [1.82, 2.24) is 0 Å². The molecule has 0 N–H and O–H groups in total. The smallest absolute Gasteiger partial charge is 0.293 e. The van der Waals surface area contributed by atoms with E-state index in [1.807, 2.05) is 61.5 Å². The molecule has 1 heterocycles. The second-order valence-corrected chi connectivity index (χ2v) is 5.22. The highest BCUT2D eigenvalue weighted by Gasteiger charge is 2.44. The minimum Gasteiger partial charge on any atom is -0.461 e. The van der Waals surface area contributed by atoms with Crippen LogP contribution in [0.25, 0.3) is 0 Å². The monoisotopic (exact) mass is 295 g/mol. The molecule has 0 aliphatic carbocycles. The number of fused-ring (bicyclic) bond motifs is 1. The molecular formula is C18H17NO3. The number of hydrogen-bond acceptors (Lipinski definition) is 4. The van der Waals surface area contributed by atoms with Crippen LogP contribution < -0.4 is 0 Å². The molecule has 0 saturated heterocycles. The highest BCUT2D eigenvalue weighted by atomic mass is 16.6. The summed E-state index contributed by atoms with van der Waals surface area (Å²) in [6.07, 6.45) is 1.26. The van der Waals surface area contributed by atoms with Crippen molar-refractivity contribution < 1.29 is 14.3 Å². The third-order valence-electron chi connectivity index (χ3n) is 3.90. The second kappa shape index (κ2) is 6.12. The molecule has 3 rings (SSSR count). The Morgan fingerprint density at radius 1 is 1.14 bits per heavy atom. The average Bonchev–Trinajstić information content (AvgIpc) is 2.94. The third kappa shape index (κ3) is 2.53. The summed E-state index contributed by atoms with van der Waals surface area (Å²) in [6.45, 7) is 2.67. The number of benzene rings is 2. The lowest BCUT2D eigenvalue weighted by atomic mass is 9.90. The van der Waals surface area contributed by atoms with Crippen LogP contribution in [0, 0.1) is 0 Å². The van der Waals surface area contributed by atoms with E-state index in [1.54, 1.807) is 6.21 Å². The highest BCUT2D eigenvalue weighted by molar-refractivity contribution is 5.84.